The second kappa shape index (κ2) is 9.13. The Bertz CT molecular complexity index is 596. The molecule has 1 spiro atoms. The lowest BCUT2D eigenvalue weighted by Gasteiger charge is -2.36. The molecule has 2 fully saturated rings. The molecule has 0 amide bonds. The highest BCUT2D eigenvalue weighted by Gasteiger charge is 2.44. The molecule has 3 nitrogen and oxygen atoms in total. The van der Waals surface area contributed by atoms with E-state index in [0.29, 0.717) is 16.1 Å². The van der Waals surface area contributed by atoms with E-state index in [1.54, 1.807) is 12.4 Å². The highest BCUT2D eigenvalue weighted by Crippen LogP contribution is 2.56. The van der Waals surface area contributed by atoms with E-state index in [9.17, 15) is 0 Å². The lowest BCUT2D eigenvalue weighted by atomic mass is 9.83. The predicted octanol–water partition coefficient (Wildman–Crippen LogP) is 6.76. The summed E-state index contributed by atoms with van der Waals surface area (Å²) in [6, 6.07) is 3.93. The van der Waals surface area contributed by atoms with Gasteiger partial charge in [0.05, 0.1) is 16.1 Å². The van der Waals surface area contributed by atoms with Gasteiger partial charge in [-0.15, -0.1) is 0 Å². The van der Waals surface area contributed by atoms with E-state index in [-0.39, 0.29) is 6.10 Å². The zero-order valence-electron chi connectivity index (χ0n) is 17.0. The van der Waals surface area contributed by atoms with Crippen LogP contribution in [0.5, 0.6) is 0 Å². The van der Waals surface area contributed by atoms with E-state index in [0.717, 1.165) is 35.7 Å². The minimum Gasteiger partial charge on any atom is -0.409 e. The van der Waals surface area contributed by atoms with E-state index >= 15 is 0 Å². The number of hydrogen-bond donors (Lipinski definition) is 1. The fourth-order valence-corrected chi connectivity index (χ4v) is 8.03. The first-order chi connectivity index (χ1) is 13.0. The van der Waals surface area contributed by atoms with Crippen LogP contribution in [0, 0.1) is 5.41 Å². The summed E-state index contributed by atoms with van der Waals surface area (Å²) in [5, 5.41) is 5.02. The number of pyridine rings is 1. The van der Waals surface area contributed by atoms with Crippen LogP contribution in [0.25, 0.3) is 0 Å². The van der Waals surface area contributed by atoms with Crippen molar-refractivity contribution in [2.24, 2.45) is 5.41 Å². The number of nitrogens with zero attached hydrogens (tertiary/aromatic N) is 1. The van der Waals surface area contributed by atoms with Crippen molar-refractivity contribution < 1.29 is 4.43 Å². The average molecular weight is 430 g/mol. The van der Waals surface area contributed by atoms with E-state index in [2.05, 4.69) is 31.1 Å². The molecule has 0 aliphatic heterocycles. The van der Waals surface area contributed by atoms with Crippen molar-refractivity contribution >= 4 is 31.5 Å². The van der Waals surface area contributed by atoms with Gasteiger partial charge in [-0.2, -0.15) is 0 Å². The van der Waals surface area contributed by atoms with Gasteiger partial charge in [-0.1, -0.05) is 44.0 Å². The van der Waals surface area contributed by atoms with Crippen LogP contribution in [0.4, 0.5) is 0 Å². The van der Waals surface area contributed by atoms with Gasteiger partial charge in [0.15, 0.2) is 8.32 Å². The highest BCUT2D eigenvalue weighted by molar-refractivity contribution is 6.73. The lowest BCUT2D eigenvalue weighted by molar-refractivity contribution is 0.171. The van der Waals surface area contributed by atoms with E-state index in [1.807, 2.05) is 0 Å². The van der Waals surface area contributed by atoms with Crippen LogP contribution in [0.3, 0.4) is 0 Å². The molecule has 0 radical (unpaired) electrons. The van der Waals surface area contributed by atoms with Crippen LogP contribution in [-0.2, 0) is 4.43 Å². The van der Waals surface area contributed by atoms with Crippen molar-refractivity contribution in [1.29, 1.82) is 0 Å². The van der Waals surface area contributed by atoms with Crippen molar-refractivity contribution in [3.8, 4) is 0 Å². The molecule has 0 saturated heterocycles. The molecule has 6 heteroatoms. The number of hydrogen-bond acceptors (Lipinski definition) is 3. The van der Waals surface area contributed by atoms with Crippen molar-refractivity contribution in [2.75, 3.05) is 6.54 Å². The van der Waals surface area contributed by atoms with Crippen LogP contribution in [0.1, 0.15) is 71.0 Å². The molecule has 1 aromatic rings. The summed E-state index contributed by atoms with van der Waals surface area (Å²) < 4.78 is 6.86. The van der Waals surface area contributed by atoms with Crippen molar-refractivity contribution in [3.63, 3.8) is 0 Å². The quantitative estimate of drug-likeness (QED) is 0.440. The molecular formula is C21H34Cl2N2OSi. The monoisotopic (exact) mass is 428 g/mol. The Morgan fingerprint density at radius 1 is 1.07 bits per heavy atom. The Morgan fingerprint density at radius 3 is 2.11 bits per heavy atom. The molecule has 1 aromatic heterocycles. The van der Waals surface area contributed by atoms with Crippen molar-refractivity contribution in [2.45, 2.75) is 89.6 Å². The Morgan fingerprint density at radius 2 is 1.63 bits per heavy atom. The van der Waals surface area contributed by atoms with E-state index in [1.165, 1.54) is 38.5 Å². The number of nitrogens with one attached hydrogen (secondary N) is 1. The molecule has 1 N–H and O–H groups in total. The first-order valence-corrected chi connectivity index (χ1v) is 13.9. The Balaban J connectivity index is 1.73. The summed E-state index contributed by atoms with van der Waals surface area (Å²) in [5.41, 5.74) is 1.63. The molecular weight excluding hydrogens is 395 g/mol. The fourth-order valence-electron chi connectivity index (χ4n) is 4.62. The van der Waals surface area contributed by atoms with Crippen molar-refractivity contribution in [1.82, 2.24) is 10.3 Å². The van der Waals surface area contributed by atoms with Crippen LogP contribution < -0.4 is 5.32 Å². The molecule has 0 aromatic carbocycles. The summed E-state index contributed by atoms with van der Waals surface area (Å²) in [6.07, 6.45) is 11.5. The smallest absolute Gasteiger partial charge is 0.192 e. The highest BCUT2D eigenvalue weighted by atomic mass is 35.5. The maximum absolute atomic E-state index is 6.86. The van der Waals surface area contributed by atoms with Crippen molar-refractivity contribution in [3.05, 3.63) is 28.0 Å². The molecule has 27 heavy (non-hydrogen) atoms. The second-order valence-corrected chi connectivity index (χ2v) is 14.1. The normalized spacial score (nSPS) is 20.8. The zero-order chi connectivity index (χ0) is 19.5. The molecule has 0 bridgehead atoms. The molecule has 1 heterocycles. The predicted molar refractivity (Wildman–Crippen MR) is 117 cm³/mol. The van der Waals surface area contributed by atoms with Gasteiger partial charge in [0.1, 0.15) is 0 Å². The topological polar surface area (TPSA) is 34.1 Å². The molecule has 152 valence electrons. The van der Waals surface area contributed by atoms with Gasteiger partial charge >= 0.3 is 0 Å². The van der Waals surface area contributed by atoms with Gasteiger partial charge in [0.25, 0.3) is 0 Å². The van der Waals surface area contributed by atoms with Crippen LogP contribution >= 0.6 is 23.2 Å². The van der Waals surface area contributed by atoms with Gasteiger partial charge in [-0.05, 0) is 62.1 Å². The van der Waals surface area contributed by atoms with E-state index < -0.39 is 8.32 Å². The maximum atomic E-state index is 6.86. The van der Waals surface area contributed by atoms with E-state index in [4.69, 9.17) is 27.6 Å². The summed E-state index contributed by atoms with van der Waals surface area (Å²) in [6.45, 7) is 7.55. The first-order valence-electron chi connectivity index (χ1n) is 10.7. The Hall–Kier alpha value is -0.133. The fraction of sp³-hybridized carbons (Fsp3) is 0.762. The van der Waals surface area contributed by atoms with Crippen LogP contribution in [0.2, 0.25) is 28.2 Å². The molecule has 2 aliphatic carbocycles. The van der Waals surface area contributed by atoms with Crippen LogP contribution in [-0.4, -0.2) is 25.9 Å². The standard InChI is InChI=1S/C21H34Cl2N2OSi/c1-4-27(5-2,6-3)26-19(20-17(22)13-24-14-18(20)23)15-25-16-7-9-21(10-8-16)11-12-21/h13-14,16,19,25H,4-12,15H2,1-3H3/t19-/m0/s1. The third-order valence-electron chi connectivity index (χ3n) is 7.13. The first kappa shape index (κ1) is 21.6. The molecule has 3 rings (SSSR count). The van der Waals surface area contributed by atoms with Crippen LogP contribution in [0.15, 0.2) is 12.4 Å². The molecule has 2 saturated carbocycles. The number of rotatable bonds is 9. The Labute approximate surface area is 175 Å². The summed E-state index contributed by atoms with van der Waals surface area (Å²) in [4.78, 5) is 4.13. The second-order valence-electron chi connectivity index (χ2n) is 8.55. The number of aromatic nitrogens is 1. The maximum Gasteiger partial charge on any atom is 0.192 e. The third kappa shape index (κ3) is 5.08. The molecule has 2 aliphatic rings. The third-order valence-corrected chi connectivity index (χ3v) is 12.4. The minimum atomic E-state index is -1.79. The summed E-state index contributed by atoms with van der Waals surface area (Å²) in [5.74, 6) is 0. The molecule has 0 unspecified atom stereocenters. The largest absolute Gasteiger partial charge is 0.409 e. The average Bonchev–Trinajstić information content (AvgIpc) is 3.44. The molecule has 1 atom stereocenters. The van der Waals surface area contributed by atoms with Gasteiger partial charge in [-0.25, -0.2) is 0 Å². The summed E-state index contributed by atoms with van der Waals surface area (Å²) >= 11 is 13.0. The summed E-state index contributed by atoms with van der Waals surface area (Å²) in [7, 11) is -1.79. The zero-order valence-corrected chi connectivity index (χ0v) is 19.5. The van der Waals surface area contributed by atoms with Gasteiger partial charge in [-0.3, -0.25) is 4.98 Å². The van der Waals surface area contributed by atoms with Gasteiger partial charge in [0, 0.05) is 30.5 Å². The Kier molecular flexibility index (Phi) is 7.29. The lowest BCUT2D eigenvalue weighted by Crippen LogP contribution is -2.42. The number of halogens is 2. The van der Waals surface area contributed by atoms with Gasteiger partial charge in [0.2, 0.25) is 0 Å². The van der Waals surface area contributed by atoms with Gasteiger partial charge < -0.3 is 9.74 Å². The minimum absolute atomic E-state index is 0.101. The SMILES string of the molecule is CC[Si](CC)(CC)O[C@@H](CNC1CCC2(CC1)CC2)c1c(Cl)cncc1Cl.